The summed E-state index contributed by atoms with van der Waals surface area (Å²) in [5.74, 6) is -1.21. The maximum Gasteiger partial charge on any atom is 1.00 e. The fraction of sp³-hybridized carbons (Fsp3) is 0.200. The summed E-state index contributed by atoms with van der Waals surface area (Å²) < 4.78 is 0. The van der Waals surface area contributed by atoms with Crippen molar-refractivity contribution < 1.29 is 78.9 Å². The van der Waals surface area contributed by atoms with E-state index in [-0.39, 0.29) is 59.1 Å². The second-order valence-electron chi connectivity index (χ2n) is 2.93. The number of rotatable bonds is 3. The Kier molecular flexibility index (Phi) is 17.1. The Bertz CT molecular complexity index is 345. The molecule has 0 fully saturated rings. The standard InChI is InChI=1S/C9H11NO2.CH3NO2.2Na/c10-8(9(11)12)6-7-4-2-1-3-5-7;2-1(3)4;;/h1-5,8H,6,10H2,(H,11,12);2H2,(H,3,4);;/q;;2*+1/p-2/t8-;;;/m0.../s1. The molecule has 18 heavy (non-hydrogen) atoms. The summed E-state index contributed by atoms with van der Waals surface area (Å²) in [6.07, 6.45) is -1.26. The summed E-state index contributed by atoms with van der Waals surface area (Å²) in [7, 11) is 0. The van der Waals surface area contributed by atoms with Crippen molar-refractivity contribution in [3.8, 4) is 0 Å². The van der Waals surface area contributed by atoms with E-state index in [9.17, 15) is 9.90 Å². The molecular formula is C10H12N2Na2O4. The molecule has 0 heterocycles. The zero-order chi connectivity index (χ0) is 12.6. The molecule has 8 heteroatoms. The van der Waals surface area contributed by atoms with Crippen LogP contribution in [0.2, 0.25) is 0 Å². The topological polar surface area (TPSA) is 132 Å². The van der Waals surface area contributed by atoms with E-state index in [1.165, 1.54) is 0 Å². The molecule has 1 aromatic carbocycles. The number of carbonyl (C=O) groups excluding carboxylic acids is 2. The molecule has 0 aliphatic rings. The zero-order valence-electron chi connectivity index (χ0n) is 10.5. The molecule has 88 valence electrons. The minimum absolute atomic E-state index is 0. The van der Waals surface area contributed by atoms with E-state index in [1.54, 1.807) is 0 Å². The van der Waals surface area contributed by atoms with Crippen molar-refractivity contribution in [1.82, 2.24) is 0 Å². The van der Waals surface area contributed by atoms with Gasteiger partial charge < -0.3 is 31.3 Å². The number of hydrogen-bond donors (Lipinski definition) is 2. The number of benzene rings is 1. The normalized spacial score (nSPS) is 9.61. The van der Waals surface area contributed by atoms with Crippen molar-refractivity contribution in [3.05, 3.63) is 35.9 Å². The molecule has 0 bridgehead atoms. The number of nitrogens with two attached hydrogens (primary N) is 2. The summed E-state index contributed by atoms with van der Waals surface area (Å²) in [6.45, 7) is 0. The van der Waals surface area contributed by atoms with Gasteiger partial charge in [-0.15, -0.1) is 0 Å². The van der Waals surface area contributed by atoms with E-state index in [0.717, 1.165) is 5.56 Å². The molecule has 0 unspecified atom stereocenters. The monoisotopic (exact) mass is 270 g/mol. The van der Waals surface area contributed by atoms with Gasteiger partial charge in [0.25, 0.3) is 0 Å². The van der Waals surface area contributed by atoms with Gasteiger partial charge in [0.05, 0.1) is 5.97 Å². The van der Waals surface area contributed by atoms with Crippen molar-refractivity contribution in [1.29, 1.82) is 0 Å². The van der Waals surface area contributed by atoms with Crippen molar-refractivity contribution in [2.45, 2.75) is 12.5 Å². The molecule has 0 aliphatic heterocycles. The van der Waals surface area contributed by atoms with Crippen LogP contribution in [0.15, 0.2) is 30.3 Å². The van der Waals surface area contributed by atoms with Gasteiger partial charge >= 0.3 is 59.1 Å². The van der Waals surface area contributed by atoms with Crippen LogP contribution >= 0.6 is 0 Å². The smallest absolute Gasteiger partial charge is 0.548 e. The summed E-state index contributed by atoms with van der Waals surface area (Å²) in [6, 6.07) is 8.32. The van der Waals surface area contributed by atoms with E-state index < -0.39 is 18.1 Å². The fourth-order valence-electron chi connectivity index (χ4n) is 0.951. The molecular weight excluding hydrogens is 258 g/mol. The Morgan fingerprint density at radius 2 is 1.50 bits per heavy atom. The van der Waals surface area contributed by atoms with E-state index in [1.807, 2.05) is 30.3 Å². The van der Waals surface area contributed by atoms with E-state index in [4.69, 9.17) is 15.6 Å². The average Bonchev–Trinajstić information content (AvgIpc) is 2.18. The number of primary amides is 1. The molecule has 1 rings (SSSR count). The van der Waals surface area contributed by atoms with E-state index in [2.05, 4.69) is 5.73 Å². The van der Waals surface area contributed by atoms with Crippen LogP contribution in [0.1, 0.15) is 5.56 Å². The van der Waals surface area contributed by atoms with Gasteiger partial charge in [-0.25, -0.2) is 0 Å². The van der Waals surface area contributed by atoms with Crippen LogP contribution in [0, 0.1) is 0 Å². The van der Waals surface area contributed by atoms with Crippen LogP contribution in [0.25, 0.3) is 0 Å². The number of carbonyl (C=O) groups is 2. The predicted octanol–water partition coefficient (Wildman–Crippen LogP) is -8.40. The van der Waals surface area contributed by atoms with E-state index >= 15 is 0 Å². The number of carboxylic acids is 1. The summed E-state index contributed by atoms with van der Waals surface area (Å²) in [5, 5.41) is 18.9. The molecule has 0 aromatic heterocycles. The minimum Gasteiger partial charge on any atom is -0.548 e. The Hall–Kier alpha value is -0.0800. The first kappa shape index (κ1) is 23.0. The minimum atomic E-state index is -1.58. The third-order valence-electron chi connectivity index (χ3n) is 1.60. The molecule has 4 N–H and O–H groups in total. The van der Waals surface area contributed by atoms with Crippen molar-refractivity contribution in [2.75, 3.05) is 0 Å². The quantitative estimate of drug-likeness (QED) is 0.526. The van der Waals surface area contributed by atoms with Gasteiger partial charge in [0, 0.05) is 6.04 Å². The maximum atomic E-state index is 10.3. The molecule has 1 aromatic rings. The summed E-state index contributed by atoms with van der Waals surface area (Å²) >= 11 is 0. The van der Waals surface area contributed by atoms with Gasteiger partial charge in [-0.2, -0.15) is 0 Å². The van der Waals surface area contributed by atoms with Gasteiger partial charge in [-0.05, 0) is 12.0 Å². The van der Waals surface area contributed by atoms with Crippen LogP contribution in [0.5, 0.6) is 0 Å². The Labute approximate surface area is 149 Å². The first-order chi connectivity index (χ1) is 7.43. The van der Waals surface area contributed by atoms with Crippen LogP contribution in [0.3, 0.4) is 0 Å². The molecule has 0 aliphatic carbocycles. The molecule has 0 saturated carbocycles. The second-order valence-corrected chi connectivity index (χ2v) is 2.93. The molecule has 0 saturated heterocycles. The SMILES string of the molecule is NC(=O)[O-].N[C@@H](Cc1ccccc1)C(=O)[O-].[Na+].[Na+]. The van der Waals surface area contributed by atoms with E-state index in [0.29, 0.717) is 6.42 Å². The molecule has 6 nitrogen and oxygen atoms in total. The number of carboxylic acid groups (broad SMARTS) is 2. The number of aliphatic carboxylic acids is 1. The second kappa shape index (κ2) is 13.4. The maximum absolute atomic E-state index is 10.3. The summed E-state index contributed by atoms with van der Waals surface area (Å²) in [5.41, 5.74) is 10.1. The largest absolute Gasteiger partial charge is 1.00 e. The molecule has 0 radical (unpaired) electrons. The van der Waals surface area contributed by atoms with Gasteiger partial charge in [0.1, 0.15) is 6.09 Å². The van der Waals surface area contributed by atoms with Crippen LogP contribution < -0.4 is 80.8 Å². The average molecular weight is 270 g/mol. The van der Waals surface area contributed by atoms with Gasteiger partial charge in [0.15, 0.2) is 0 Å². The Morgan fingerprint density at radius 1 is 1.11 bits per heavy atom. The van der Waals surface area contributed by atoms with Crippen LogP contribution in [-0.2, 0) is 11.2 Å². The van der Waals surface area contributed by atoms with Crippen molar-refractivity contribution >= 4 is 12.1 Å². The Morgan fingerprint density at radius 3 is 1.83 bits per heavy atom. The van der Waals surface area contributed by atoms with Crippen molar-refractivity contribution in [3.63, 3.8) is 0 Å². The molecule has 1 atom stereocenters. The van der Waals surface area contributed by atoms with Crippen LogP contribution in [0.4, 0.5) is 4.79 Å². The van der Waals surface area contributed by atoms with Gasteiger partial charge in [-0.1, -0.05) is 30.3 Å². The molecule has 1 amide bonds. The summed E-state index contributed by atoms with van der Waals surface area (Å²) in [4.78, 5) is 18.9. The van der Waals surface area contributed by atoms with Crippen molar-refractivity contribution in [2.24, 2.45) is 11.5 Å². The zero-order valence-corrected chi connectivity index (χ0v) is 14.5. The molecule has 0 spiro atoms. The fourth-order valence-corrected chi connectivity index (χ4v) is 0.951. The number of hydrogen-bond acceptors (Lipinski definition) is 5. The third kappa shape index (κ3) is 14.0. The Balaban J connectivity index is -0.000000332. The number of amides is 1. The van der Waals surface area contributed by atoms with Crippen LogP contribution in [-0.4, -0.2) is 18.1 Å². The van der Waals surface area contributed by atoms with Gasteiger partial charge in [0.2, 0.25) is 0 Å². The van der Waals surface area contributed by atoms with Gasteiger partial charge in [-0.3, -0.25) is 0 Å². The first-order valence-electron chi connectivity index (χ1n) is 4.40. The predicted molar refractivity (Wildman–Crippen MR) is 52.7 cm³/mol. The third-order valence-corrected chi connectivity index (χ3v) is 1.60. The first-order valence-corrected chi connectivity index (χ1v) is 4.40.